The van der Waals surface area contributed by atoms with Gasteiger partial charge in [-0.3, -0.25) is 4.79 Å². The number of carbonyl (C=O) groups is 1. The van der Waals surface area contributed by atoms with Crippen LogP contribution in [0.1, 0.15) is 5.56 Å². The fourth-order valence-corrected chi connectivity index (χ4v) is 4.56. The molecule has 0 radical (unpaired) electrons. The van der Waals surface area contributed by atoms with E-state index in [-0.39, 0.29) is 18.5 Å². The van der Waals surface area contributed by atoms with Crippen molar-refractivity contribution in [2.45, 2.75) is 6.42 Å². The summed E-state index contributed by atoms with van der Waals surface area (Å²) in [7, 11) is 1.50. The third-order valence-corrected chi connectivity index (χ3v) is 6.07. The van der Waals surface area contributed by atoms with Crippen molar-refractivity contribution in [1.82, 2.24) is 10.3 Å². The second-order valence-electron chi connectivity index (χ2n) is 6.59. The SMILES string of the molecule is COc1cc(Cl)c2[nH]c(=O)c3sccc3c2c1-c1ccc(CCNC(=O)O)c(F)c1. The number of benzene rings is 2. The molecule has 2 aromatic heterocycles. The van der Waals surface area contributed by atoms with Crippen LogP contribution >= 0.6 is 22.9 Å². The zero-order valence-electron chi connectivity index (χ0n) is 15.7. The summed E-state index contributed by atoms with van der Waals surface area (Å²) in [6, 6.07) is 8.16. The molecular formula is C21H16ClFN2O4S. The predicted octanol–water partition coefficient (Wildman–Crippen LogP) is 5.02. The zero-order chi connectivity index (χ0) is 21.4. The quantitative estimate of drug-likeness (QED) is 0.401. The lowest BCUT2D eigenvalue weighted by atomic mass is 9.95. The molecule has 0 fully saturated rings. The van der Waals surface area contributed by atoms with E-state index in [2.05, 4.69) is 10.3 Å². The summed E-state index contributed by atoms with van der Waals surface area (Å²) in [6.07, 6.45) is -0.933. The van der Waals surface area contributed by atoms with Crippen molar-refractivity contribution in [2.75, 3.05) is 13.7 Å². The number of hydrogen-bond donors (Lipinski definition) is 3. The summed E-state index contributed by atoms with van der Waals surface area (Å²) in [5.41, 5.74) is 1.78. The first-order valence-electron chi connectivity index (χ1n) is 8.96. The van der Waals surface area contributed by atoms with Crippen LogP contribution in [0.25, 0.3) is 32.1 Å². The number of aromatic amines is 1. The highest BCUT2D eigenvalue weighted by atomic mass is 35.5. The van der Waals surface area contributed by atoms with Gasteiger partial charge in [-0.25, -0.2) is 9.18 Å². The number of aromatic nitrogens is 1. The van der Waals surface area contributed by atoms with Crippen molar-refractivity contribution >= 4 is 50.0 Å². The smallest absolute Gasteiger partial charge is 0.404 e. The molecule has 154 valence electrons. The molecular weight excluding hydrogens is 431 g/mol. The molecule has 9 heteroatoms. The van der Waals surface area contributed by atoms with Crippen LogP contribution in [-0.2, 0) is 6.42 Å². The molecule has 2 heterocycles. The first kappa shape index (κ1) is 20.2. The molecule has 0 aliphatic carbocycles. The maximum Gasteiger partial charge on any atom is 0.404 e. The van der Waals surface area contributed by atoms with E-state index in [1.165, 1.54) is 24.5 Å². The highest BCUT2D eigenvalue weighted by Gasteiger charge is 2.20. The fraction of sp³-hybridized carbons (Fsp3) is 0.143. The summed E-state index contributed by atoms with van der Waals surface area (Å²) >= 11 is 7.72. The van der Waals surface area contributed by atoms with Crippen LogP contribution in [0.3, 0.4) is 0 Å². The fourth-order valence-electron chi connectivity index (χ4n) is 3.53. The van der Waals surface area contributed by atoms with Gasteiger partial charge in [0.1, 0.15) is 16.3 Å². The first-order chi connectivity index (χ1) is 14.4. The summed E-state index contributed by atoms with van der Waals surface area (Å²) < 4.78 is 20.9. The minimum atomic E-state index is -1.15. The Morgan fingerprint density at radius 2 is 2.13 bits per heavy atom. The lowest BCUT2D eigenvalue weighted by molar-refractivity contribution is 0.194. The van der Waals surface area contributed by atoms with E-state index in [4.69, 9.17) is 21.4 Å². The topological polar surface area (TPSA) is 91.4 Å². The van der Waals surface area contributed by atoms with Crippen molar-refractivity contribution in [3.05, 3.63) is 62.5 Å². The van der Waals surface area contributed by atoms with E-state index in [9.17, 15) is 14.0 Å². The number of nitrogens with one attached hydrogen (secondary N) is 2. The van der Waals surface area contributed by atoms with Crippen LogP contribution in [0.2, 0.25) is 5.02 Å². The molecule has 3 N–H and O–H groups in total. The molecule has 6 nitrogen and oxygen atoms in total. The molecule has 1 amide bonds. The Bertz CT molecular complexity index is 1350. The van der Waals surface area contributed by atoms with Crippen LogP contribution in [0.5, 0.6) is 5.75 Å². The summed E-state index contributed by atoms with van der Waals surface area (Å²) in [5.74, 6) is -0.0115. The Hall–Kier alpha value is -3.10. The molecule has 0 aliphatic rings. The number of carboxylic acid groups (broad SMARTS) is 1. The Morgan fingerprint density at radius 3 is 2.83 bits per heavy atom. The summed E-state index contributed by atoms with van der Waals surface area (Å²) in [6.45, 7) is 0.107. The number of methoxy groups -OCH3 is 1. The molecule has 0 unspecified atom stereocenters. The van der Waals surface area contributed by atoms with E-state index < -0.39 is 11.9 Å². The lowest BCUT2D eigenvalue weighted by Crippen LogP contribution is -2.23. The molecule has 0 aliphatic heterocycles. The van der Waals surface area contributed by atoms with Gasteiger partial charge in [-0.1, -0.05) is 23.7 Å². The average molecular weight is 447 g/mol. The van der Waals surface area contributed by atoms with Crippen molar-refractivity contribution in [1.29, 1.82) is 0 Å². The number of rotatable bonds is 5. The largest absolute Gasteiger partial charge is 0.496 e. The molecule has 0 saturated heterocycles. The van der Waals surface area contributed by atoms with Crippen molar-refractivity contribution in [3.8, 4) is 16.9 Å². The van der Waals surface area contributed by atoms with Crippen LogP contribution in [-0.4, -0.2) is 29.8 Å². The third-order valence-electron chi connectivity index (χ3n) is 4.85. The number of thiophene rings is 1. The van der Waals surface area contributed by atoms with Gasteiger partial charge in [0, 0.05) is 28.9 Å². The summed E-state index contributed by atoms with van der Waals surface area (Å²) in [5, 5.41) is 14.4. The molecule has 2 aromatic carbocycles. The maximum atomic E-state index is 14.8. The monoisotopic (exact) mass is 446 g/mol. The Balaban J connectivity index is 1.93. The number of ether oxygens (including phenoxy) is 1. The van der Waals surface area contributed by atoms with Crippen molar-refractivity contribution < 1.29 is 19.0 Å². The minimum Gasteiger partial charge on any atom is -0.496 e. The molecule has 0 saturated carbocycles. The minimum absolute atomic E-state index is 0.107. The van der Waals surface area contributed by atoms with Crippen LogP contribution in [0, 0.1) is 5.82 Å². The average Bonchev–Trinajstić information content (AvgIpc) is 3.20. The highest BCUT2D eigenvalue weighted by molar-refractivity contribution is 7.17. The van der Waals surface area contributed by atoms with Crippen LogP contribution in [0.15, 0.2) is 40.5 Å². The van der Waals surface area contributed by atoms with Gasteiger partial charge >= 0.3 is 6.09 Å². The number of amides is 1. The van der Waals surface area contributed by atoms with Gasteiger partial charge in [-0.2, -0.15) is 0 Å². The third kappa shape index (κ3) is 3.48. The van der Waals surface area contributed by atoms with E-state index in [0.717, 1.165) is 0 Å². The van der Waals surface area contributed by atoms with Crippen LogP contribution in [0.4, 0.5) is 9.18 Å². The van der Waals surface area contributed by atoms with Gasteiger partial charge in [0.15, 0.2) is 0 Å². The number of H-pyrrole nitrogens is 1. The molecule has 0 atom stereocenters. The number of fused-ring (bicyclic) bond motifs is 3. The van der Waals surface area contributed by atoms with Gasteiger partial charge in [-0.15, -0.1) is 11.3 Å². The molecule has 4 rings (SSSR count). The Kier molecular flexibility index (Phi) is 5.36. The van der Waals surface area contributed by atoms with Gasteiger partial charge in [-0.05, 0) is 35.1 Å². The first-order valence-corrected chi connectivity index (χ1v) is 10.2. The normalized spacial score (nSPS) is 11.2. The van der Waals surface area contributed by atoms with Gasteiger partial charge in [0.2, 0.25) is 0 Å². The molecule has 0 bridgehead atoms. The Morgan fingerprint density at radius 1 is 1.33 bits per heavy atom. The standard InChI is InChI=1S/C21H16ClFN2O4S/c1-29-15-9-13(22)18-17(12-5-7-30-19(12)20(26)25-18)16(15)11-3-2-10(14(23)8-11)4-6-24-21(27)28/h2-3,5,7-9,24H,4,6H2,1H3,(H,25,26)(H,27,28). The maximum absolute atomic E-state index is 14.8. The van der Waals surface area contributed by atoms with E-state index >= 15 is 0 Å². The lowest BCUT2D eigenvalue weighted by Gasteiger charge is -2.15. The number of hydrogen-bond acceptors (Lipinski definition) is 4. The van der Waals surface area contributed by atoms with E-state index in [1.54, 1.807) is 18.2 Å². The van der Waals surface area contributed by atoms with Crippen molar-refractivity contribution in [3.63, 3.8) is 0 Å². The Labute approximate surface area is 178 Å². The number of halogens is 2. The van der Waals surface area contributed by atoms with Crippen LogP contribution < -0.4 is 15.6 Å². The second kappa shape index (κ2) is 7.97. The zero-order valence-corrected chi connectivity index (χ0v) is 17.3. The number of pyridine rings is 1. The van der Waals surface area contributed by atoms with Crippen molar-refractivity contribution in [2.24, 2.45) is 0 Å². The molecule has 4 aromatic rings. The summed E-state index contributed by atoms with van der Waals surface area (Å²) in [4.78, 5) is 25.8. The molecule has 0 spiro atoms. The van der Waals surface area contributed by atoms with E-state index in [0.29, 0.717) is 48.5 Å². The molecule has 30 heavy (non-hydrogen) atoms. The van der Waals surface area contributed by atoms with E-state index in [1.807, 2.05) is 11.4 Å². The highest BCUT2D eigenvalue weighted by Crippen LogP contribution is 2.43. The predicted molar refractivity (Wildman–Crippen MR) is 117 cm³/mol. The second-order valence-corrected chi connectivity index (χ2v) is 7.91. The van der Waals surface area contributed by atoms with Gasteiger partial charge in [0.25, 0.3) is 5.56 Å². The van der Waals surface area contributed by atoms with Gasteiger partial charge in [0.05, 0.1) is 17.6 Å². The van der Waals surface area contributed by atoms with Gasteiger partial charge < -0.3 is 20.1 Å².